The summed E-state index contributed by atoms with van der Waals surface area (Å²) in [7, 11) is 3.82. The molecule has 0 aliphatic rings. The second-order valence-corrected chi connectivity index (χ2v) is 8.15. The van der Waals surface area contributed by atoms with Crippen LogP contribution in [-0.4, -0.2) is 38.4 Å². The highest BCUT2D eigenvalue weighted by atomic mass is 17.2. The summed E-state index contributed by atoms with van der Waals surface area (Å²) in [6, 6.07) is 6.75. The fourth-order valence-electron chi connectivity index (χ4n) is 2.99. The largest absolute Gasteiger partial charge is 0.478 e. The van der Waals surface area contributed by atoms with Crippen molar-refractivity contribution >= 4 is 11.7 Å². The molecule has 2 atom stereocenters. The number of benzene rings is 1. The van der Waals surface area contributed by atoms with Gasteiger partial charge in [-0.05, 0) is 48.9 Å². The van der Waals surface area contributed by atoms with Crippen molar-refractivity contribution in [2.45, 2.75) is 79.1 Å². The quantitative estimate of drug-likeness (QED) is 0.190. The third-order valence-electron chi connectivity index (χ3n) is 5.41. The van der Waals surface area contributed by atoms with Gasteiger partial charge in [0.05, 0.1) is 18.8 Å². The first kappa shape index (κ1) is 28.4. The number of aromatic carboxylic acids is 1. The van der Waals surface area contributed by atoms with Gasteiger partial charge >= 0.3 is 5.97 Å². The van der Waals surface area contributed by atoms with E-state index < -0.39 is 5.97 Å². The van der Waals surface area contributed by atoms with E-state index in [9.17, 15) is 4.79 Å². The Labute approximate surface area is 184 Å². The minimum absolute atomic E-state index is 0.320. The number of hydrogen-bond acceptors (Lipinski definition) is 4. The molecule has 0 amide bonds. The highest BCUT2D eigenvalue weighted by molar-refractivity contribution is 5.88. The van der Waals surface area contributed by atoms with Gasteiger partial charge in [-0.2, -0.15) is 0 Å². The normalized spacial score (nSPS) is 12.6. The lowest BCUT2D eigenvalue weighted by Gasteiger charge is -2.16. The van der Waals surface area contributed by atoms with E-state index in [1.807, 2.05) is 19.0 Å². The van der Waals surface area contributed by atoms with Gasteiger partial charge < -0.3 is 10.0 Å². The molecule has 0 aliphatic carbocycles. The molecule has 1 aromatic carbocycles. The van der Waals surface area contributed by atoms with Gasteiger partial charge in [0.2, 0.25) is 0 Å². The summed E-state index contributed by atoms with van der Waals surface area (Å²) in [5, 5.41) is 8.60. The summed E-state index contributed by atoms with van der Waals surface area (Å²) >= 11 is 0. The smallest absolute Gasteiger partial charge is 0.335 e. The zero-order valence-electron chi connectivity index (χ0n) is 20.2. The standard InChI is InChI=1S/C16H34O2.C9H11NO2/c1-5-9-11-15(7-3)13-17-18-14-16(8-4)12-10-6-2;1-10(2)8-5-3-7(4-6-8)9(11)12/h15-16H,5-14H2,1-4H3;3-6H,1-2H3,(H,11,12). The first-order valence-electron chi connectivity index (χ1n) is 11.6. The van der Waals surface area contributed by atoms with Gasteiger partial charge in [-0.1, -0.05) is 66.2 Å². The van der Waals surface area contributed by atoms with Crippen LogP contribution in [0.1, 0.15) is 89.4 Å². The maximum atomic E-state index is 10.5. The van der Waals surface area contributed by atoms with Crippen molar-refractivity contribution in [2.75, 3.05) is 32.2 Å². The molecule has 0 bridgehead atoms. The van der Waals surface area contributed by atoms with Gasteiger partial charge in [0.15, 0.2) is 0 Å². The summed E-state index contributed by atoms with van der Waals surface area (Å²) < 4.78 is 0. The Morgan fingerprint density at radius 2 is 1.30 bits per heavy atom. The van der Waals surface area contributed by atoms with E-state index in [4.69, 9.17) is 14.9 Å². The molecule has 174 valence electrons. The molecule has 0 saturated heterocycles. The minimum atomic E-state index is -0.889. The zero-order valence-corrected chi connectivity index (χ0v) is 20.2. The zero-order chi connectivity index (χ0) is 22.8. The van der Waals surface area contributed by atoms with Crippen LogP contribution >= 0.6 is 0 Å². The summed E-state index contributed by atoms with van der Waals surface area (Å²) in [5.74, 6) is 0.446. The van der Waals surface area contributed by atoms with Crippen LogP contribution in [0, 0.1) is 11.8 Å². The van der Waals surface area contributed by atoms with E-state index in [1.165, 1.54) is 51.4 Å². The number of carbonyl (C=O) groups is 1. The lowest BCUT2D eigenvalue weighted by atomic mass is 10.0. The first-order valence-corrected chi connectivity index (χ1v) is 11.6. The van der Waals surface area contributed by atoms with Crippen LogP contribution in [0.4, 0.5) is 5.69 Å². The average molecular weight is 424 g/mol. The second kappa shape index (κ2) is 18.2. The number of carboxylic acids is 1. The molecule has 0 radical (unpaired) electrons. The third-order valence-corrected chi connectivity index (χ3v) is 5.41. The number of anilines is 1. The van der Waals surface area contributed by atoms with E-state index in [-0.39, 0.29) is 0 Å². The second-order valence-electron chi connectivity index (χ2n) is 8.15. The van der Waals surface area contributed by atoms with E-state index in [1.54, 1.807) is 24.3 Å². The average Bonchev–Trinajstić information content (AvgIpc) is 2.75. The van der Waals surface area contributed by atoms with E-state index in [0.717, 1.165) is 18.9 Å². The molecule has 5 nitrogen and oxygen atoms in total. The van der Waals surface area contributed by atoms with E-state index in [2.05, 4.69) is 27.7 Å². The van der Waals surface area contributed by atoms with Crippen LogP contribution in [0.3, 0.4) is 0 Å². The molecule has 30 heavy (non-hydrogen) atoms. The lowest BCUT2D eigenvalue weighted by Crippen LogP contribution is -2.13. The summed E-state index contributed by atoms with van der Waals surface area (Å²) in [5.41, 5.74) is 1.32. The summed E-state index contributed by atoms with van der Waals surface area (Å²) in [6.07, 6.45) is 10.1. The van der Waals surface area contributed by atoms with Crippen LogP contribution in [0.5, 0.6) is 0 Å². The summed E-state index contributed by atoms with van der Waals surface area (Å²) in [6.45, 7) is 10.5. The molecule has 0 aliphatic heterocycles. The van der Waals surface area contributed by atoms with Crippen molar-refractivity contribution in [2.24, 2.45) is 11.8 Å². The highest BCUT2D eigenvalue weighted by Gasteiger charge is 2.09. The minimum Gasteiger partial charge on any atom is -0.478 e. The predicted octanol–water partition coefficient (Wildman–Crippen LogP) is 6.82. The van der Waals surface area contributed by atoms with Crippen molar-refractivity contribution in [1.29, 1.82) is 0 Å². The molecule has 0 heterocycles. The molecule has 1 aromatic rings. The Bertz CT molecular complexity index is 512. The van der Waals surface area contributed by atoms with Gasteiger partial charge in [0.1, 0.15) is 0 Å². The fourth-order valence-corrected chi connectivity index (χ4v) is 2.99. The molecule has 0 aromatic heterocycles. The fraction of sp³-hybridized carbons (Fsp3) is 0.720. The molecule has 0 fully saturated rings. The number of hydrogen-bond donors (Lipinski definition) is 1. The molecule has 0 saturated carbocycles. The Hall–Kier alpha value is -1.59. The van der Waals surface area contributed by atoms with Crippen molar-refractivity contribution in [3.05, 3.63) is 29.8 Å². The number of rotatable bonds is 15. The lowest BCUT2D eigenvalue weighted by molar-refractivity contribution is -0.308. The van der Waals surface area contributed by atoms with E-state index in [0.29, 0.717) is 17.4 Å². The Morgan fingerprint density at radius 1 is 0.867 bits per heavy atom. The Morgan fingerprint density at radius 3 is 1.60 bits per heavy atom. The Kier molecular flexibility index (Phi) is 17.2. The number of unbranched alkanes of at least 4 members (excludes halogenated alkanes) is 2. The van der Waals surface area contributed by atoms with Gasteiger partial charge in [0, 0.05) is 19.8 Å². The van der Waals surface area contributed by atoms with Crippen LogP contribution in [0.15, 0.2) is 24.3 Å². The molecule has 1 N–H and O–H groups in total. The van der Waals surface area contributed by atoms with Crippen LogP contribution in [0.25, 0.3) is 0 Å². The number of nitrogens with zero attached hydrogens (tertiary/aromatic N) is 1. The highest BCUT2D eigenvalue weighted by Crippen LogP contribution is 2.15. The molecule has 2 unspecified atom stereocenters. The number of carboxylic acid groups (broad SMARTS) is 1. The first-order chi connectivity index (χ1) is 14.4. The Balaban J connectivity index is 0.000000604. The van der Waals surface area contributed by atoms with Crippen molar-refractivity contribution in [3.8, 4) is 0 Å². The van der Waals surface area contributed by atoms with Crippen LogP contribution in [-0.2, 0) is 9.78 Å². The SMILES string of the molecule is CCCCC(CC)COOCC(CC)CCCC.CN(C)c1ccc(C(=O)O)cc1. The topological polar surface area (TPSA) is 59.0 Å². The van der Waals surface area contributed by atoms with Gasteiger partial charge in [0.25, 0.3) is 0 Å². The van der Waals surface area contributed by atoms with Gasteiger partial charge in [-0.15, -0.1) is 0 Å². The molecular weight excluding hydrogens is 378 g/mol. The van der Waals surface area contributed by atoms with Crippen molar-refractivity contribution < 1.29 is 19.7 Å². The van der Waals surface area contributed by atoms with Gasteiger partial charge in [-0.25, -0.2) is 14.6 Å². The van der Waals surface area contributed by atoms with Crippen LogP contribution < -0.4 is 4.90 Å². The molecule has 1 rings (SSSR count). The van der Waals surface area contributed by atoms with E-state index >= 15 is 0 Å². The van der Waals surface area contributed by atoms with Gasteiger partial charge in [-0.3, -0.25) is 0 Å². The maximum absolute atomic E-state index is 10.5. The van der Waals surface area contributed by atoms with Crippen molar-refractivity contribution in [1.82, 2.24) is 0 Å². The maximum Gasteiger partial charge on any atom is 0.335 e. The van der Waals surface area contributed by atoms with Crippen LogP contribution in [0.2, 0.25) is 0 Å². The predicted molar refractivity (Wildman–Crippen MR) is 126 cm³/mol. The third kappa shape index (κ3) is 13.6. The molecular formula is C25H45NO4. The monoisotopic (exact) mass is 423 g/mol. The molecule has 0 spiro atoms. The molecule has 5 heteroatoms. The van der Waals surface area contributed by atoms with Crippen molar-refractivity contribution in [3.63, 3.8) is 0 Å². The summed E-state index contributed by atoms with van der Waals surface area (Å²) in [4.78, 5) is 23.2.